The zero-order chi connectivity index (χ0) is 22.8. The Morgan fingerprint density at radius 3 is 2.73 bits per heavy atom. The highest BCUT2D eigenvalue weighted by atomic mass is 35.5. The van der Waals surface area contributed by atoms with Crippen LogP contribution in [0, 0.1) is 34.5 Å². The van der Waals surface area contributed by atoms with Crippen LogP contribution in [-0.4, -0.2) is 5.78 Å². The van der Waals surface area contributed by atoms with Crippen LogP contribution in [0.3, 0.4) is 0 Å². The molecule has 6 rings (SSSR count). The minimum Gasteiger partial charge on any atom is -0.457 e. The maximum atomic E-state index is 13.7. The molecular weight excluding hydrogens is 428 g/mol. The van der Waals surface area contributed by atoms with E-state index in [9.17, 15) is 4.79 Å². The van der Waals surface area contributed by atoms with Crippen LogP contribution in [0.15, 0.2) is 46.4 Å². The molecule has 0 amide bonds. The lowest BCUT2D eigenvalue weighted by atomic mass is 9.45. The molecule has 0 saturated heterocycles. The second kappa shape index (κ2) is 7.87. The standard InChI is InChI=1S/C30H35ClO2/c1-29-14-4-3-7-21(29)9-11-24-25(29)13-15-30(2)26(24)18-20(28(30)32)17-23-10-12-27(33-23)19-6-5-8-22(31)16-19/h5-6,8,10,12,16-17,21,24-26H,3-4,7,9,11,13-15,18H2,1-2H3/b20-17+/t21-,24+,25-,26-,29+,30-/m1/s1. The van der Waals surface area contributed by atoms with Gasteiger partial charge in [0.25, 0.3) is 0 Å². The highest BCUT2D eigenvalue weighted by molar-refractivity contribution is 6.30. The summed E-state index contributed by atoms with van der Waals surface area (Å²) in [7, 11) is 0. The third kappa shape index (κ3) is 3.39. The van der Waals surface area contributed by atoms with Gasteiger partial charge in [-0.3, -0.25) is 4.79 Å². The number of halogens is 1. The first kappa shape index (κ1) is 21.7. The number of furan rings is 1. The first-order valence-electron chi connectivity index (χ1n) is 13.0. The van der Waals surface area contributed by atoms with Crippen LogP contribution in [0.2, 0.25) is 5.02 Å². The van der Waals surface area contributed by atoms with Crippen molar-refractivity contribution in [1.82, 2.24) is 0 Å². The van der Waals surface area contributed by atoms with Crippen molar-refractivity contribution in [2.75, 3.05) is 0 Å². The largest absolute Gasteiger partial charge is 0.457 e. The van der Waals surface area contributed by atoms with Crippen LogP contribution >= 0.6 is 11.6 Å². The molecule has 4 saturated carbocycles. The molecule has 4 fully saturated rings. The predicted molar refractivity (Wildman–Crippen MR) is 134 cm³/mol. The van der Waals surface area contributed by atoms with Crippen LogP contribution in [-0.2, 0) is 4.79 Å². The molecule has 0 radical (unpaired) electrons. The molecule has 2 nitrogen and oxygen atoms in total. The first-order chi connectivity index (χ1) is 15.9. The van der Waals surface area contributed by atoms with Crippen molar-refractivity contribution >= 4 is 23.5 Å². The maximum absolute atomic E-state index is 13.7. The molecule has 0 N–H and O–H groups in total. The zero-order valence-electron chi connectivity index (χ0n) is 19.9. The van der Waals surface area contributed by atoms with Crippen molar-refractivity contribution in [2.45, 2.75) is 71.6 Å². The quantitative estimate of drug-likeness (QED) is 0.418. The molecule has 1 aromatic heterocycles. The second-order valence-corrected chi connectivity index (χ2v) is 12.2. The molecule has 1 heterocycles. The van der Waals surface area contributed by atoms with Crippen molar-refractivity contribution in [3.63, 3.8) is 0 Å². The van der Waals surface area contributed by atoms with Crippen LogP contribution < -0.4 is 0 Å². The van der Waals surface area contributed by atoms with E-state index in [1.165, 1.54) is 44.9 Å². The fourth-order valence-corrected chi connectivity index (χ4v) is 8.68. The molecule has 0 spiro atoms. The molecule has 2 aromatic rings. The van der Waals surface area contributed by atoms with Gasteiger partial charge in [-0.25, -0.2) is 0 Å². The molecule has 0 aliphatic heterocycles. The Bertz CT molecular complexity index is 1110. The number of carbonyl (C=O) groups excluding carboxylic acids is 1. The lowest BCUT2D eigenvalue weighted by molar-refractivity contribution is -0.137. The number of rotatable bonds is 2. The van der Waals surface area contributed by atoms with Gasteiger partial charge in [-0.1, -0.05) is 50.4 Å². The van der Waals surface area contributed by atoms with E-state index in [1.54, 1.807) is 0 Å². The van der Waals surface area contributed by atoms with Crippen LogP contribution in [0.5, 0.6) is 0 Å². The number of hydrogen-bond donors (Lipinski definition) is 0. The van der Waals surface area contributed by atoms with Gasteiger partial charge in [0.05, 0.1) is 0 Å². The van der Waals surface area contributed by atoms with Gasteiger partial charge in [0.1, 0.15) is 11.5 Å². The summed E-state index contributed by atoms with van der Waals surface area (Å²) in [6.07, 6.45) is 13.6. The highest BCUT2D eigenvalue weighted by Gasteiger charge is 2.60. The topological polar surface area (TPSA) is 30.2 Å². The Kier molecular flexibility index (Phi) is 5.18. The molecular formula is C30H35ClO2. The molecule has 174 valence electrons. The summed E-state index contributed by atoms with van der Waals surface area (Å²) in [5, 5.41) is 0.697. The van der Waals surface area contributed by atoms with Crippen molar-refractivity contribution in [1.29, 1.82) is 0 Å². The van der Waals surface area contributed by atoms with Crippen molar-refractivity contribution in [3.8, 4) is 11.3 Å². The fraction of sp³-hybridized carbons (Fsp3) is 0.567. The van der Waals surface area contributed by atoms with E-state index in [4.69, 9.17) is 16.0 Å². The number of benzene rings is 1. The summed E-state index contributed by atoms with van der Waals surface area (Å²) in [6, 6.07) is 11.7. The van der Waals surface area contributed by atoms with E-state index in [2.05, 4.69) is 13.8 Å². The second-order valence-electron chi connectivity index (χ2n) is 11.8. The van der Waals surface area contributed by atoms with E-state index in [-0.39, 0.29) is 5.41 Å². The van der Waals surface area contributed by atoms with Crippen LogP contribution in [0.25, 0.3) is 17.4 Å². The van der Waals surface area contributed by atoms with Gasteiger partial charge in [-0.05, 0) is 110 Å². The van der Waals surface area contributed by atoms with E-state index in [1.807, 2.05) is 42.5 Å². The van der Waals surface area contributed by atoms with E-state index < -0.39 is 0 Å². The maximum Gasteiger partial charge on any atom is 0.165 e. The summed E-state index contributed by atoms with van der Waals surface area (Å²) in [6.45, 7) is 4.87. The molecule has 0 unspecified atom stereocenters. The smallest absolute Gasteiger partial charge is 0.165 e. The van der Waals surface area contributed by atoms with Gasteiger partial charge < -0.3 is 4.42 Å². The lowest BCUT2D eigenvalue weighted by Gasteiger charge is -2.59. The SMILES string of the molecule is C[C@]12CCCC[C@@H]1CC[C@H]1[C@H]2CC[C@@]2(C)C(=O)/C(=C/c3ccc(-c4cccc(Cl)c4)o3)C[C@H]12. The summed E-state index contributed by atoms with van der Waals surface area (Å²) in [5.41, 5.74) is 2.26. The van der Waals surface area contributed by atoms with E-state index >= 15 is 0 Å². The van der Waals surface area contributed by atoms with Crippen molar-refractivity contribution < 1.29 is 9.21 Å². The van der Waals surface area contributed by atoms with Crippen molar-refractivity contribution in [3.05, 3.63) is 52.8 Å². The Morgan fingerprint density at radius 2 is 1.88 bits per heavy atom. The highest BCUT2D eigenvalue weighted by Crippen LogP contribution is 2.66. The van der Waals surface area contributed by atoms with Gasteiger partial charge in [-0.2, -0.15) is 0 Å². The third-order valence-electron chi connectivity index (χ3n) is 10.3. The molecule has 1 aromatic carbocycles. The average Bonchev–Trinajstić information content (AvgIpc) is 3.37. The van der Waals surface area contributed by atoms with E-state index in [0.717, 1.165) is 47.3 Å². The summed E-state index contributed by atoms with van der Waals surface area (Å²) in [5.74, 6) is 4.87. The van der Waals surface area contributed by atoms with Gasteiger partial charge in [0, 0.05) is 16.0 Å². The zero-order valence-corrected chi connectivity index (χ0v) is 20.7. The minimum absolute atomic E-state index is 0.187. The Balaban J connectivity index is 1.28. The number of fused-ring (bicyclic) bond motifs is 5. The normalized spacial score (nSPS) is 39.2. The van der Waals surface area contributed by atoms with Crippen LogP contribution in [0.4, 0.5) is 0 Å². The number of allylic oxidation sites excluding steroid dienone is 1. The van der Waals surface area contributed by atoms with Gasteiger partial charge in [0.2, 0.25) is 0 Å². The molecule has 3 heteroatoms. The predicted octanol–water partition coefficient (Wildman–Crippen LogP) is 8.60. The molecule has 33 heavy (non-hydrogen) atoms. The Hall–Kier alpha value is -1.80. The van der Waals surface area contributed by atoms with Crippen molar-refractivity contribution in [2.24, 2.45) is 34.5 Å². The summed E-state index contributed by atoms with van der Waals surface area (Å²) < 4.78 is 6.13. The third-order valence-corrected chi connectivity index (χ3v) is 10.5. The minimum atomic E-state index is -0.187. The molecule has 6 atom stereocenters. The fourth-order valence-electron chi connectivity index (χ4n) is 8.49. The Morgan fingerprint density at radius 1 is 1.00 bits per heavy atom. The monoisotopic (exact) mass is 462 g/mol. The number of carbonyl (C=O) groups is 1. The van der Waals surface area contributed by atoms with Gasteiger partial charge >= 0.3 is 0 Å². The molecule has 0 bridgehead atoms. The molecule has 4 aliphatic carbocycles. The number of ketones is 1. The van der Waals surface area contributed by atoms with Crippen LogP contribution in [0.1, 0.15) is 77.4 Å². The summed E-state index contributed by atoms with van der Waals surface area (Å²) in [4.78, 5) is 13.7. The lowest BCUT2D eigenvalue weighted by Crippen LogP contribution is -2.52. The Labute approximate surface area is 202 Å². The number of hydrogen-bond acceptors (Lipinski definition) is 2. The molecule has 4 aliphatic rings. The van der Waals surface area contributed by atoms with E-state index in [0.29, 0.717) is 28.1 Å². The summed E-state index contributed by atoms with van der Waals surface area (Å²) >= 11 is 6.15. The van der Waals surface area contributed by atoms with Gasteiger partial charge in [-0.15, -0.1) is 0 Å². The average molecular weight is 463 g/mol. The van der Waals surface area contributed by atoms with Gasteiger partial charge in [0.15, 0.2) is 5.78 Å². The number of Topliss-reactive ketones (excluding diaryl/α,β-unsaturated/α-hetero) is 1. The first-order valence-corrected chi connectivity index (χ1v) is 13.4.